The molecular formula is C17H18N2O4S3. The summed E-state index contributed by atoms with van der Waals surface area (Å²) < 4.78 is 0.322. The monoisotopic (exact) mass is 410 g/mol. The van der Waals surface area contributed by atoms with Crippen molar-refractivity contribution in [1.82, 2.24) is 9.80 Å². The van der Waals surface area contributed by atoms with Crippen molar-refractivity contribution in [2.75, 3.05) is 6.54 Å². The predicted molar refractivity (Wildman–Crippen MR) is 106 cm³/mol. The molecule has 1 N–H and O–H groups in total. The molecule has 3 heterocycles. The number of thiophene rings is 1. The van der Waals surface area contributed by atoms with E-state index in [0.717, 1.165) is 17.7 Å². The highest BCUT2D eigenvalue weighted by molar-refractivity contribution is 8.26. The summed E-state index contributed by atoms with van der Waals surface area (Å²) in [6.45, 7) is 1.99. The van der Waals surface area contributed by atoms with Crippen LogP contribution in [0.3, 0.4) is 0 Å². The number of thioether (sulfide) groups is 1. The van der Waals surface area contributed by atoms with Crippen molar-refractivity contribution in [3.63, 3.8) is 0 Å². The molecule has 9 heteroatoms. The van der Waals surface area contributed by atoms with Gasteiger partial charge in [0.1, 0.15) is 16.4 Å². The third-order valence-corrected chi connectivity index (χ3v) is 6.61. The van der Waals surface area contributed by atoms with Gasteiger partial charge in [-0.15, -0.1) is 11.3 Å². The first kappa shape index (κ1) is 19.1. The fraction of sp³-hybridized carbons (Fsp3) is 0.412. The largest absolute Gasteiger partial charge is 0.480 e. The molecule has 1 aromatic heterocycles. The number of aliphatic carboxylic acids is 1. The number of likely N-dealkylation sites (tertiary alicyclic amines) is 1. The minimum atomic E-state index is -1.01. The van der Waals surface area contributed by atoms with Gasteiger partial charge in [0.25, 0.3) is 5.91 Å². The van der Waals surface area contributed by atoms with Crippen molar-refractivity contribution in [1.29, 1.82) is 0 Å². The lowest BCUT2D eigenvalue weighted by Gasteiger charge is -2.36. The summed E-state index contributed by atoms with van der Waals surface area (Å²) in [6, 6.07) is 2.14. The van der Waals surface area contributed by atoms with E-state index in [1.807, 2.05) is 17.5 Å². The van der Waals surface area contributed by atoms with E-state index in [4.69, 9.17) is 12.2 Å². The van der Waals surface area contributed by atoms with Gasteiger partial charge in [-0.1, -0.05) is 30.0 Å². The molecule has 1 aromatic rings. The third-order valence-electron chi connectivity index (χ3n) is 4.46. The van der Waals surface area contributed by atoms with Crippen LogP contribution in [0.25, 0.3) is 6.08 Å². The van der Waals surface area contributed by atoms with Gasteiger partial charge in [-0.3, -0.25) is 14.5 Å². The number of hydrogen-bond donors (Lipinski definition) is 1. The van der Waals surface area contributed by atoms with E-state index in [-0.39, 0.29) is 11.8 Å². The van der Waals surface area contributed by atoms with Gasteiger partial charge in [-0.05, 0) is 43.7 Å². The highest BCUT2D eigenvalue weighted by atomic mass is 32.2. The lowest BCUT2D eigenvalue weighted by molar-refractivity contribution is -0.154. The number of rotatable bonds is 4. The normalized spacial score (nSPS) is 23.6. The van der Waals surface area contributed by atoms with Crippen LogP contribution in [-0.2, 0) is 14.4 Å². The predicted octanol–water partition coefficient (Wildman–Crippen LogP) is 2.80. The minimum absolute atomic E-state index is 0.307. The van der Waals surface area contributed by atoms with Crippen molar-refractivity contribution in [2.45, 2.75) is 38.3 Å². The molecule has 138 valence electrons. The van der Waals surface area contributed by atoms with E-state index < -0.39 is 18.1 Å². The minimum Gasteiger partial charge on any atom is -0.480 e. The molecule has 3 rings (SSSR count). The summed E-state index contributed by atoms with van der Waals surface area (Å²) in [5.41, 5.74) is 0. The number of amides is 2. The average Bonchev–Trinajstić information content (AvgIpc) is 3.22. The van der Waals surface area contributed by atoms with Crippen LogP contribution in [0.1, 0.15) is 31.1 Å². The lowest BCUT2D eigenvalue weighted by Crippen LogP contribution is -2.55. The highest BCUT2D eigenvalue weighted by Crippen LogP contribution is 2.35. The molecule has 2 aliphatic heterocycles. The van der Waals surface area contributed by atoms with Gasteiger partial charge in [0.05, 0.1) is 4.91 Å². The molecule has 2 fully saturated rings. The zero-order valence-electron chi connectivity index (χ0n) is 14.1. The zero-order valence-corrected chi connectivity index (χ0v) is 16.5. The van der Waals surface area contributed by atoms with Crippen molar-refractivity contribution < 1.29 is 19.5 Å². The van der Waals surface area contributed by atoms with Crippen LogP contribution in [0.5, 0.6) is 0 Å². The topological polar surface area (TPSA) is 77.9 Å². The van der Waals surface area contributed by atoms with Crippen LogP contribution in [0.15, 0.2) is 22.4 Å². The van der Waals surface area contributed by atoms with Gasteiger partial charge in [-0.25, -0.2) is 4.79 Å². The molecule has 0 unspecified atom stereocenters. The second-order valence-electron chi connectivity index (χ2n) is 6.12. The fourth-order valence-electron chi connectivity index (χ4n) is 3.12. The molecule has 0 saturated carbocycles. The first-order valence-corrected chi connectivity index (χ1v) is 10.3. The summed E-state index contributed by atoms with van der Waals surface area (Å²) >= 11 is 7.99. The maximum atomic E-state index is 12.9. The van der Waals surface area contributed by atoms with Gasteiger partial charge in [0.2, 0.25) is 5.91 Å². The second-order valence-corrected chi connectivity index (χ2v) is 8.78. The highest BCUT2D eigenvalue weighted by Gasteiger charge is 2.42. The summed E-state index contributed by atoms with van der Waals surface area (Å²) in [5.74, 6) is -1.68. The van der Waals surface area contributed by atoms with Crippen LogP contribution < -0.4 is 0 Å². The van der Waals surface area contributed by atoms with Crippen LogP contribution in [-0.4, -0.2) is 55.6 Å². The van der Waals surface area contributed by atoms with Crippen LogP contribution >= 0.6 is 35.3 Å². The Labute approximate surface area is 164 Å². The zero-order chi connectivity index (χ0) is 18.8. The maximum absolute atomic E-state index is 12.9. The summed E-state index contributed by atoms with van der Waals surface area (Å²) in [6.07, 6.45) is 3.74. The summed E-state index contributed by atoms with van der Waals surface area (Å²) in [7, 11) is 0. The van der Waals surface area contributed by atoms with Crippen molar-refractivity contribution >= 4 is 63.5 Å². The molecule has 26 heavy (non-hydrogen) atoms. The molecule has 2 atom stereocenters. The lowest BCUT2D eigenvalue weighted by atomic mass is 10.0. The maximum Gasteiger partial charge on any atom is 0.326 e. The molecule has 0 bridgehead atoms. The number of piperidine rings is 1. The number of carbonyl (C=O) groups is 3. The van der Waals surface area contributed by atoms with Gasteiger partial charge < -0.3 is 10.0 Å². The Morgan fingerprint density at radius 1 is 1.42 bits per heavy atom. The fourth-order valence-corrected chi connectivity index (χ4v) is 5.26. The number of hydrogen-bond acceptors (Lipinski definition) is 6. The SMILES string of the molecule is C[C@H](C(=O)N1CCCC[C@H]1C(=O)O)N1C(=O)/C(=C/c2cccs2)SC1=S. The van der Waals surface area contributed by atoms with E-state index in [2.05, 4.69) is 0 Å². The van der Waals surface area contributed by atoms with Crippen LogP contribution in [0.2, 0.25) is 0 Å². The quantitative estimate of drug-likeness (QED) is 0.608. The molecule has 0 aliphatic carbocycles. The Kier molecular flexibility index (Phi) is 5.79. The molecule has 6 nitrogen and oxygen atoms in total. The van der Waals surface area contributed by atoms with Crippen LogP contribution in [0.4, 0.5) is 0 Å². The van der Waals surface area contributed by atoms with Crippen LogP contribution in [0, 0.1) is 0 Å². The number of thiocarbonyl (C=S) groups is 1. The van der Waals surface area contributed by atoms with Gasteiger partial charge in [0, 0.05) is 11.4 Å². The number of carbonyl (C=O) groups excluding carboxylic acids is 2. The second kappa shape index (κ2) is 7.89. The van der Waals surface area contributed by atoms with Gasteiger partial charge in [0.15, 0.2) is 0 Å². The Morgan fingerprint density at radius 2 is 2.19 bits per heavy atom. The first-order valence-electron chi connectivity index (χ1n) is 8.24. The molecule has 2 amide bonds. The molecular weight excluding hydrogens is 392 g/mol. The molecule has 2 saturated heterocycles. The van der Waals surface area contributed by atoms with Gasteiger partial charge >= 0.3 is 5.97 Å². The van der Waals surface area contributed by atoms with E-state index in [1.165, 1.54) is 32.9 Å². The Hall–Kier alpha value is -1.71. The number of carboxylic acid groups (broad SMARTS) is 1. The van der Waals surface area contributed by atoms with E-state index in [9.17, 15) is 19.5 Å². The van der Waals surface area contributed by atoms with Gasteiger partial charge in [-0.2, -0.15) is 0 Å². The first-order chi connectivity index (χ1) is 12.4. The van der Waals surface area contributed by atoms with E-state index in [1.54, 1.807) is 13.0 Å². The van der Waals surface area contributed by atoms with Crippen molar-refractivity contribution in [3.05, 3.63) is 27.3 Å². The number of nitrogens with zero attached hydrogens (tertiary/aromatic N) is 2. The summed E-state index contributed by atoms with van der Waals surface area (Å²) in [5, 5.41) is 11.3. The Balaban J connectivity index is 1.79. The summed E-state index contributed by atoms with van der Waals surface area (Å²) in [4.78, 5) is 41.2. The van der Waals surface area contributed by atoms with E-state index >= 15 is 0 Å². The van der Waals surface area contributed by atoms with E-state index in [0.29, 0.717) is 22.2 Å². The standard InChI is InChI=1S/C17H18N2O4S3/c1-10(14(20)18-7-3-2-6-12(18)16(22)23)19-15(21)13(26-17(19)24)9-11-5-4-8-25-11/h4-5,8-10,12H,2-3,6-7H2,1H3,(H,22,23)/b13-9-/t10-,12+/m1/s1. The smallest absolute Gasteiger partial charge is 0.326 e. The third kappa shape index (κ3) is 3.70. The Bertz CT molecular complexity index is 775. The number of carboxylic acids is 1. The van der Waals surface area contributed by atoms with Crippen molar-refractivity contribution in [3.8, 4) is 0 Å². The van der Waals surface area contributed by atoms with Crippen molar-refractivity contribution in [2.24, 2.45) is 0 Å². The molecule has 0 aromatic carbocycles. The molecule has 0 radical (unpaired) electrons. The molecule has 0 spiro atoms. The molecule has 2 aliphatic rings. The Morgan fingerprint density at radius 3 is 2.85 bits per heavy atom. The average molecular weight is 411 g/mol.